The van der Waals surface area contributed by atoms with Gasteiger partial charge in [-0.25, -0.2) is 4.39 Å². The molecule has 0 aromatic heterocycles. The van der Waals surface area contributed by atoms with Gasteiger partial charge in [-0.05, 0) is 18.2 Å². The summed E-state index contributed by atoms with van der Waals surface area (Å²) in [7, 11) is 0. The molecule has 104 valence electrons. The molecule has 1 aromatic carbocycles. The summed E-state index contributed by atoms with van der Waals surface area (Å²) in [6, 6.07) is -1.19. The Balaban J connectivity index is 0.00000289. The normalized spacial score (nSPS) is 13.9. The summed E-state index contributed by atoms with van der Waals surface area (Å²) in [4.78, 5) is 0. The van der Waals surface area contributed by atoms with Crippen molar-refractivity contribution >= 4 is 12.4 Å². The van der Waals surface area contributed by atoms with E-state index in [1.54, 1.807) is 0 Å². The van der Waals surface area contributed by atoms with Crippen LogP contribution in [0.4, 0.5) is 26.3 Å². The average Bonchev–Trinajstić information content (AvgIpc) is 2.19. The zero-order valence-corrected chi connectivity index (χ0v) is 9.33. The van der Waals surface area contributed by atoms with Crippen molar-refractivity contribution in [1.29, 1.82) is 0 Å². The predicted octanol–water partition coefficient (Wildman–Crippen LogP) is 3.15. The van der Waals surface area contributed by atoms with Gasteiger partial charge in [0, 0.05) is 5.56 Å². The standard InChI is InChI=1S/C9H7F6NO.ClH/c10-4-1-2-6(17)5(3-4)7(16)8(11,12)9(13,14)15;/h1-3,7,17H,16H2;1H/t7-;/m1./s1. The highest BCUT2D eigenvalue weighted by Crippen LogP contribution is 2.44. The van der Waals surface area contributed by atoms with E-state index in [0.29, 0.717) is 18.2 Å². The Kier molecular flexibility index (Phi) is 4.90. The fourth-order valence-corrected chi connectivity index (χ4v) is 1.15. The monoisotopic (exact) mass is 295 g/mol. The van der Waals surface area contributed by atoms with Crippen LogP contribution in [0, 0.1) is 5.82 Å². The number of benzene rings is 1. The molecule has 0 saturated carbocycles. The van der Waals surface area contributed by atoms with Gasteiger partial charge in [0.15, 0.2) is 0 Å². The Morgan fingerprint density at radius 2 is 1.61 bits per heavy atom. The summed E-state index contributed by atoms with van der Waals surface area (Å²) in [5.74, 6) is -7.27. The van der Waals surface area contributed by atoms with Gasteiger partial charge < -0.3 is 10.8 Å². The van der Waals surface area contributed by atoms with Crippen molar-refractivity contribution in [3.8, 4) is 5.75 Å². The summed E-state index contributed by atoms with van der Waals surface area (Å²) in [5.41, 5.74) is 3.72. The maximum atomic E-state index is 12.8. The minimum absolute atomic E-state index is 0. The lowest BCUT2D eigenvalue weighted by molar-refractivity contribution is -0.291. The minimum Gasteiger partial charge on any atom is -0.508 e. The number of halogens is 7. The second-order valence-corrected chi connectivity index (χ2v) is 3.30. The lowest BCUT2D eigenvalue weighted by Crippen LogP contribution is -2.45. The number of hydrogen-bond acceptors (Lipinski definition) is 2. The van der Waals surface area contributed by atoms with Gasteiger partial charge in [0.2, 0.25) is 0 Å². The molecule has 0 aliphatic rings. The van der Waals surface area contributed by atoms with E-state index in [2.05, 4.69) is 0 Å². The quantitative estimate of drug-likeness (QED) is 0.823. The first-order valence-corrected chi connectivity index (χ1v) is 4.26. The summed E-state index contributed by atoms with van der Waals surface area (Å²) in [5, 5.41) is 9.09. The van der Waals surface area contributed by atoms with Crippen molar-refractivity contribution in [2.45, 2.75) is 18.1 Å². The number of phenolic OH excluding ortho intramolecular Hbond substituents is 1. The number of phenols is 1. The van der Waals surface area contributed by atoms with Crippen LogP contribution < -0.4 is 5.73 Å². The molecule has 0 radical (unpaired) electrons. The van der Waals surface area contributed by atoms with Gasteiger partial charge in [-0.3, -0.25) is 0 Å². The molecule has 0 aliphatic carbocycles. The van der Waals surface area contributed by atoms with Gasteiger partial charge in [-0.2, -0.15) is 22.0 Å². The molecule has 0 heterocycles. The summed E-state index contributed by atoms with van der Waals surface area (Å²) < 4.78 is 74.4. The van der Waals surface area contributed by atoms with Gasteiger partial charge in [0.05, 0.1) is 0 Å². The summed E-state index contributed by atoms with van der Waals surface area (Å²) in [6.45, 7) is 0. The Morgan fingerprint density at radius 1 is 1.11 bits per heavy atom. The number of aromatic hydroxyl groups is 1. The molecule has 2 nitrogen and oxygen atoms in total. The molecule has 0 spiro atoms. The molecule has 1 aromatic rings. The molecule has 0 amide bonds. The third-order valence-corrected chi connectivity index (χ3v) is 2.09. The Morgan fingerprint density at radius 3 is 2.06 bits per heavy atom. The van der Waals surface area contributed by atoms with Crippen LogP contribution in [0.1, 0.15) is 11.6 Å². The number of nitrogens with two attached hydrogens (primary N) is 1. The summed E-state index contributed by atoms with van der Waals surface area (Å²) >= 11 is 0. The topological polar surface area (TPSA) is 46.2 Å². The molecule has 0 bridgehead atoms. The molecule has 0 saturated heterocycles. The van der Waals surface area contributed by atoms with Crippen molar-refractivity contribution in [3.63, 3.8) is 0 Å². The second-order valence-electron chi connectivity index (χ2n) is 3.30. The van der Waals surface area contributed by atoms with Gasteiger partial charge in [-0.1, -0.05) is 0 Å². The van der Waals surface area contributed by atoms with Crippen LogP contribution in [0.5, 0.6) is 5.75 Å². The molecular formula is C9H8ClF6NO. The van der Waals surface area contributed by atoms with Gasteiger partial charge in [0.1, 0.15) is 17.6 Å². The van der Waals surface area contributed by atoms with Gasteiger partial charge in [-0.15, -0.1) is 12.4 Å². The lowest BCUT2D eigenvalue weighted by Gasteiger charge is -2.26. The fraction of sp³-hybridized carbons (Fsp3) is 0.333. The van der Waals surface area contributed by atoms with Gasteiger partial charge in [0.25, 0.3) is 0 Å². The van der Waals surface area contributed by atoms with E-state index in [1.807, 2.05) is 0 Å². The summed E-state index contributed by atoms with van der Waals surface area (Å²) in [6.07, 6.45) is -5.88. The van der Waals surface area contributed by atoms with E-state index in [0.717, 1.165) is 0 Å². The number of hydrogen-bond donors (Lipinski definition) is 2. The largest absolute Gasteiger partial charge is 0.508 e. The third kappa shape index (κ3) is 2.99. The van der Waals surface area contributed by atoms with E-state index in [4.69, 9.17) is 10.8 Å². The van der Waals surface area contributed by atoms with E-state index in [9.17, 15) is 26.3 Å². The highest BCUT2D eigenvalue weighted by molar-refractivity contribution is 5.85. The molecule has 0 aliphatic heterocycles. The Labute approximate surface area is 104 Å². The number of rotatable bonds is 2. The van der Waals surface area contributed by atoms with E-state index >= 15 is 0 Å². The van der Waals surface area contributed by atoms with Crippen LogP contribution in [-0.2, 0) is 0 Å². The van der Waals surface area contributed by atoms with Crippen LogP contribution in [0.25, 0.3) is 0 Å². The molecular weight excluding hydrogens is 288 g/mol. The van der Waals surface area contributed by atoms with E-state index in [-0.39, 0.29) is 12.4 Å². The van der Waals surface area contributed by atoms with Crippen LogP contribution in [0.3, 0.4) is 0 Å². The predicted molar refractivity (Wildman–Crippen MR) is 53.2 cm³/mol. The highest BCUT2D eigenvalue weighted by atomic mass is 35.5. The van der Waals surface area contributed by atoms with Crippen molar-refractivity contribution in [2.24, 2.45) is 5.73 Å². The highest BCUT2D eigenvalue weighted by Gasteiger charge is 2.62. The molecule has 9 heteroatoms. The zero-order valence-electron chi connectivity index (χ0n) is 8.51. The maximum Gasteiger partial charge on any atom is 0.455 e. The van der Waals surface area contributed by atoms with Crippen molar-refractivity contribution in [1.82, 2.24) is 0 Å². The van der Waals surface area contributed by atoms with E-state index in [1.165, 1.54) is 0 Å². The van der Waals surface area contributed by atoms with Crippen LogP contribution in [-0.4, -0.2) is 17.2 Å². The zero-order chi connectivity index (χ0) is 13.4. The fourth-order valence-electron chi connectivity index (χ4n) is 1.15. The van der Waals surface area contributed by atoms with Crippen molar-refractivity contribution < 1.29 is 31.4 Å². The first-order chi connectivity index (χ1) is 7.57. The smallest absolute Gasteiger partial charge is 0.455 e. The molecule has 1 atom stereocenters. The maximum absolute atomic E-state index is 12.8. The van der Waals surface area contributed by atoms with Crippen molar-refractivity contribution in [3.05, 3.63) is 29.6 Å². The lowest BCUT2D eigenvalue weighted by atomic mass is 10.00. The SMILES string of the molecule is Cl.N[C@H](c1cc(F)ccc1O)C(F)(F)C(F)(F)F. The first kappa shape index (κ1) is 16.9. The average molecular weight is 296 g/mol. The van der Waals surface area contributed by atoms with Gasteiger partial charge >= 0.3 is 12.1 Å². The second kappa shape index (κ2) is 5.23. The van der Waals surface area contributed by atoms with Crippen molar-refractivity contribution in [2.75, 3.05) is 0 Å². The van der Waals surface area contributed by atoms with Crippen LogP contribution >= 0.6 is 12.4 Å². The van der Waals surface area contributed by atoms with E-state index < -0.39 is 35.3 Å². The Hall–Kier alpha value is -1.15. The van der Waals surface area contributed by atoms with Crippen LogP contribution in [0.15, 0.2) is 18.2 Å². The first-order valence-electron chi connectivity index (χ1n) is 4.26. The van der Waals surface area contributed by atoms with Crippen LogP contribution in [0.2, 0.25) is 0 Å². The molecule has 1 rings (SSSR count). The Bertz CT molecular complexity index is 422. The third-order valence-electron chi connectivity index (χ3n) is 2.09. The molecule has 3 N–H and O–H groups in total. The molecule has 18 heavy (non-hydrogen) atoms. The molecule has 0 fully saturated rings. The number of alkyl halides is 5. The minimum atomic E-state index is -5.88. The molecule has 0 unspecified atom stereocenters.